The van der Waals surface area contributed by atoms with Gasteiger partial charge < -0.3 is 4.74 Å². The topological polar surface area (TPSA) is 52.1 Å². The van der Waals surface area contributed by atoms with Crippen LogP contribution in [-0.2, 0) is 4.74 Å². The van der Waals surface area contributed by atoms with Crippen molar-refractivity contribution >= 4 is 16.9 Å². The highest BCUT2D eigenvalue weighted by molar-refractivity contribution is 5.89. The van der Waals surface area contributed by atoms with Gasteiger partial charge in [-0.3, -0.25) is 0 Å². The van der Waals surface area contributed by atoms with Crippen molar-refractivity contribution in [1.82, 2.24) is 9.97 Å². The van der Waals surface area contributed by atoms with Crippen LogP contribution < -0.4 is 0 Å². The third-order valence-corrected chi connectivity index (χ3v) is 2.25. The number of rotatable bonds is 2. The Morgan fingerprint density at radius 1 is 1.31 bits per heavy atom. The normalized spacial score (nSPS) is 10.4. The largest absolute Gasteiger partial charge is 0.460 e. The van der Waals surface area contributed by atoms with Crippen molar-refractivity contribution < 1.29 is 9.53 Å². The van der Waals surface area contributed by atoms with E-state index in [0.29, 0.717) is 6.61 Å². The molecule has 4 heteroatoms. The molecular formula is C12H12N2O2. The minimum atomic E-state index is -0.476. The van der Waals surface area contributed by atoms with Crippen LogP contribution in [0.4, 0.5) is 0 Å². The summed E-state index contributed by atoms with van der Waals surface area (Å²) in [5, 5.41) is 0.954. The molecule has 0 unspecified atom stereocenters. The highest BCUT2D eigenvalue weighted by Crippen LogP contribution is 2.14. The molecule has 0 aliphatic rings. The van der Waals surface area contributed by atoms with E-state index in [1.54, 1.807) is 6.92 Å². The van der Waals surface area contributed by atoms with Crippen LogP contribution in [0.1, 0.15) is 23.2 Å². The minimum absolute atomic E-state index is 0.123. The second-order valence-corrected chi connectivity index (χ2v) is 3.37. The molecular weight excluding hydrogens is 204 g/mol. The van der Waals surface area contributed by atoms with E-state index in [1.165, 1.54) is 0 Å². The summed E-state index contributed by atoms with van der Waals surface area (Å²) < 4.78 is 4.87. The molecule has 1 aromatic heterocycles. The smallest absolute Gasteiger partial charge is 0.376 e. The zero-order valence-electron chi connectivity index (χ0n) is 9.23. The summed E-state index contributed by atoms with van der Waals surface area (Å²) in [5.41, 5.74) is 1.55. The first-order valence-electron chi connectivity index (χ1n) is 5.13. The molecule has 2 rings (SSSR count). The Labute approximate surface area is 93.3 Å². The van der Waals surface area contributed by atoms with Crippen molar-refractivity contribution in [3.8, 4) is 0 Å². The number of hydrogen-bond acceptors (Lipinski definition) is 4. The third kappa shape index (κ3) is 1.86. The van der Waals surface area contributed by atoms with Gasteiger partial charge in [-0.2, -0.15) is 0 Å². The summed E-state index contributed by atoms with van der Waals surface area (Å²) in [6.45, 7) is 3.94. The van der Waals surface area contributed by atoms with Crippen LogP contribution in [-0.4, -0.2) is 22.5 Å². The Balaban J connectivity index is 2.53. The van der Waals surface area contributed by atoms with E-state index in [-0.39, 0.29) is 5.82 Å². The van der Waals surface area contributed by atoms with Crippen molar-refractivity contribution in [3.05, 3.63) is 35.8 Å². The summed E-state index contributed by atoms with van der Waals surface area (Å²) in [6.07, 6.45) is 0. The number of carbonyl (C=O) groups excluding carboxylic acids is 1. The maximum absolute atomic E-state index is 11.5. The summed E-state index contributed by atoms with van der Waals surface area (Å²) in [5.74, 6) is -0.352. The van der Waals surface area contributed by atoms with Gasteiger partial charge in [0.05, 0.1) is 12.1 Å². The number of aromatic nitrogens is 2. The van der Waals surface area contributed by atoms with Crippen molar-refractivity contribution in [2.45, 2.75) is 13.8 Å². The quantitative estimate of drug-likeness (QED) is 0.721. The Bertz CT molecular complexity index is 538. The minimum Gasteiger partial charge on any atom is -0.460 e. The van der Waals surface area contributed by atoms with Gasteiger partial charge in [0, 0.05) is 11.1 Å². The standard InChI is InChI=1S/C12H12N2O2/c1-3-16-12(15)11-13-8(2)9-6-4-5-7-10(9)14-11/h4-7H,3H2,1-2H3. The first-order valence-corrected chi connectivity index (χ1v) is 5.13. The molecule has 0 bridgehead atoms. The van der Waals surface area contributed by atoms with Gasteiger partial charge in [0.2, 0.25) is 5.82 Å². The summed E-state index contributed by atoms with van der Waals surface area (Å²) >= 11 is 0. The van der Waals surface area contributed by atoms with Crippen molar-refractivity contribution in [1.29, 1.82) is 0 Å². The number of benzene rings is 1. The Morgan fingerprint density at radius 3 is 2.81 bits per heavy atom. The molecule has 82 valence electrons. The fourth-order valence-corrected chi connectivity index (χ4v) is 1.52. The van der Waals surface area contributed by atoms with Gasteiger partial charge in [-0.25, -0.2) is 14.8 Å². The van der Waals surface area contributed by atoms with Crippen molar-refractivity contribution in [2.24, 2.45) is 0 Å². The first kappa shape index (κ1) is 10.5. The van der Waals surface area contributed by atoms with Crippen molar-refractivity contribution in [3.63, 3.8) is 0 Å². The lowest BCUT2D eigenvalue weighted by Crippen LogP contribution is -2.10. The second-order valence-electron chi connectivity index (χ2n) is 3.37. The molecule has 0 fully saturated rings. The van der Waals surface area contributed by atoms with E-state index < -0.39 is 5.97 Å². The maximum atomic E-state index is 11.5. The van der Waals surface area contributed by atoms with Gasteiger partial charge in [0.25, 0.3) is 0 Å². The molecule has 0 spiro atoms. The third-order valence-electron chi connectivity index (χ3n) is 2.25. The second kappa shape index (κ2) is 4.26. The molecule has 0 radical (unpaired) electrons. The highest BCUT2D eigenvalue weighted by atomic mass is 16.5. The molecule has 0 saturated heterocycles. The van der Waals surface area contributed by atoms with Crippen molar-refractivity contribution in [2.75, 3.05) is 6.61 Å². The first-order chi connectivity index (χ1) is 7.72. The number of fused-ring (bicyclic) bond motifs is 1. The van der Waals surface area contributed by atoms with Crippen LogP contribution in [0.3, 0.4) is 0 Å². The van der Waals surface area contributed by atoms with E-state index in [2.05, 4.69) is 9.97 Å². The lowest BCUT2D eigenvalue weighted by Gasteiger charge is -2.04. The molecule has 0 N–H and O–H groups in total. The van der Waals surface area contributed by atoms with Gasteiger partial charge in [-0.05, 0) is 19.9 Å². The lowest BCUT2D eigenvalue weighted by molar-refractivity contribution is 0.0512. The maximum Gasteiger partial charge on any atom is 0.376 e. The number of para-hydroxylation sites is 1. The van der Waals surface area contributed by atoms with Crippen LogP contribution in [0.2, 0.25) is 0 Å². The van der Waals surface area contributed by atoms with Gasteiger partial charge in [-0.1, -0.05) is 18.2 Å². The molecule has 1 aromatic carbocycles. The van der Waals surface area contributed by atoms with Crippen LogP contribution in [0.5, 0.6) is 0 Å². The molecule has 0 atom stereocenters. The van der Waals surface area contributed by atoms with E-state index in [4.69, 9.17) is 4.74 Å². The molecule has 0 aliphatic carbocycles. The Morgan fingerprint density at radius 2 is 2.06 bits per heavy atom. The number of carbonyl (C=O) groups is 1. The summed E-state index contributed by atoms with van der Waals surface area (Å²) in [6, 6.07) is 7.58. The Hall–Kier alpha value is -1.97. The SMILES string of the molecule is CCOC(=O)c1nc(C)c2ccccc2n1. The highest BCUT2D eigenvalue weighted by Gasteiger charge is 2.12. The molecule has 1 heterocycles. The van der Waals surface area contributed by atoms with Gasteiger partial charge in [0.1, 0.15) is 0 Å². The lowest BCUT2D eigenvalue weighted by atomic mass is 10.2. The van der Waals surface area contributed by atoms with Gasteiger partial charge in [0.15, 0.2) is 0 Å². The number of nitrogens with zero attached hydrogens (tertiary/aromatic N) is 2. The summed E-state index contributed by atoms with van der Waals surface area (Å²) in [7, 11) is 0. The van der Waals surface area contributed by atoms with E-state index in [9.17, 15) is 4.79 Å². The summed E-state index contributed by atoms with van der Waals surface area (Å²) in [4.78, 5) is 19.8. The van der Waals surface area contributed by atoms with Crippen LogP contribution in [0, 0.1) is 6.92 Å². The van der Waals surface area contributed by atoms with Gasteiger partial charge in [-0.15, -0.1) is 0 Å². The average molecular weight is 216 g/mol. The van der Waals surface area contributed by atoms with Gasteiger partial charge >= 0.3 is 5.97 Å². The fraction of sp³-hybridized carbons (Fsp3) is 0.250. The zero-order chi connectivity index (χ0) is 11.5. The molecule has 16 heavy (non-hydrogen) atoms. The average Bonchev–Trinajstić information content (AvgIpc) is 2.29. The number of aryl methyl sites for hydroxylation is 1. The predicted octanol–water partition coefficient (Wildman–Crippen LogP) is 2.11. The molecule has 0 saturated carbocycles. The van der Waals surface area contributed by atoms with E-state index in [1.807, 2.05) is 31.2 Å². The van der Waals surface area contributed by atoms with E-state index in [0.717, 1.165) is 16.6 Å². The Kier molecular flexibility index (Phi) is 2.81. The van der Waals surface area contributed by atoms with E-state index >= 15 is 0 Å². The fourth-order valence-electron chi connectivity index (χ4n) is 1.52. The molecule has 2 aromatic rings. The zero-order valence-corrected chi connectivity index (χ0v) is 9.23. The van der Waals surface area contributed by atoms with Crippen LogP contribution in [0.25, 0.3) is 10.9 Å². The van der Waals surface area contributed by atoms with Crippen LogP contribution in [0.15, 0.2) is 24.3 Å². The molecule has 0 aliphatic heterocycles. The number of esters is 1. The van der Waals surface area contributed by atoms with Crippen LogP contribution >= 0.6 is 0 Å². The number of ether oxygens (including phenoxy) is 1. The number of hydrogen-bond donors (Lipinski definition) is 0. The monoisotopic (exact) mass is 216 g/mol. The molecule has 0 amide bonds. The molecule has 4 nitrogen and oxygen atoms in total. The predicted molar refractivity (Wildman–Crippen MR) is 60.2 cm³/mol.